The van der Waals surface area contributed by atoms with Gasteiger partial charge in [0.2, 0.25) is 11.8 Å². The molecule has 0 heterocycles. The van der Waals surface area contributed by atoms with Gasteiger partial charge in [-0.3, -0.25) is 55.9 Å². The van der Waals surface area contributed by atoms with Crippen molar-refractivity contribution in [3.8, 4) is 0 Å². The number of rotatable bonds is 92. The van der Waals surface area contributed by atoms with E-state index in [0.717, 1.165) is 141 Å². The maximum Gasteiger partial charge on any atom is 0.475 e. The number of phosphoric ester groups is 2. The molecule has 4 unspecified atom stereocenters. The number of hydrogen-bond acceptors (Lipinski definition) is 20. The summed E-state index contributed by atoms with van der Waals surface area (Å²) in [5.41, 5.74) is 0. The van der Waals surface area contributed by atoms with Crippen LogP contribution < -0.4 is 10.6 Å². The lowest BCUT2D eigenvalue weighted by Gasteiger charge is -2.23. The number of hydrogen-bond donors (Lipinski definition) is 2. The normalized spacial score (nSPS) is 13.6. The minimum Gasteiger partial charge on any atom is -0.462 e. The predicted octanol–water partition coefficient (Wildman–Crippen LogP) is 24.7. The predicted molar refractivity (Wildman–Crippen MR) is 465 cm³/mol. The van der Waals surface area contributed by atoms with Crippen LogP contribution in [0.3, 0.4) is 0 Å². The van der Waals surface area contributed by atoms with Crippen molar-refractivity contribution in [1.29, 1.82) is 0 Å². The third kappa shape index (κ3) is 76.3. The first-order valence-corrected chi connectivity index (χ1v) is 49.7. The van der Waals surface area contributed by atoms with Crippen molar-refractivity contribution < 1.29 is 93.5 Å². The van der Waals surface area contributed by atoms with Gasteiger partial charge in [0.1, 0.15) is 30.8 Å². The van der Waals surface area contributed by atoms with Gasteiger partial charge in [0.25, 0.3) is 0 Å². The smallest absolute Gasteiger partial charge is 0.462 e. The lowest BCUT2D eigenvalue weighted by atomic mass is 10.1. The Labute approximate surface area is 701 Å². The highest BCUT2D eigenvalue weighted by atomic mass is 31.2. The fourth-order valence-electron chi connectivity index (χ4n) is 13.4. The molecule has 0 aromatic heterocycles. The molecule has 0 fully saturated rings. The first kappa shape index (κ1) is 111. The monoisotopic (exact) mass is 1680 g/mol. The van der Waals surface area contributed by atoms with Crippen molar-refractivity contribution in [2.24, 2.45) is 0 Å². The zero-order valence-electron chi connectivity index (χ0n) is 74.1. The molecular formula is C91H172N2O20P2. The van der Waals surface area contributed by atoms with E-state index in [1.165, 1.54) is 179 Å². The Balaban J connectivity index is 5.92. The highest BCUT2D eigenvalue weighted by molar-refractivity contribution is 7.48. The van der Waals surface area contributed by atoms with Crippen molar-refractivity contribution >= 4 is 51.3 Å². The van der Waals surface area contributed by atoms with Gasteiger partial charge < -0.3 is 39.1 Å². The van der Waals surface area contributed by atoms with Crippen LogP contribution in [0, 0.1) is 0 Å². The van der Waals surface area contributed by atoms with E-state index in [0.29, 0.717) is 51.4 Å². The van der Waals surface area contributed by atoms with Crippen molar-refractivity contribution in [2.45, 2.75) is 445 Å². The highest BCUT2D eigenvalue weighted by Gasteiger charge is 2.32. The van der Waals surface area contributed by atoms with Gasteiger partial charge >= 0.3 is 39.5 Å². The van der Waals surface area contributed by atoms with Crippen LogP contribution in [0.5, 0.6) is 0 Å². The lowest BCUT2D eigenvalue weighted by molar-refractivity contribution is -0.156. The summed E-state index contributed by atoms with van der Waals surface area (Å²) < 4.78 is 98.3. The first-order valence-electron chi connectivity index (χ1n) is 46.8. The van der Waals surface area contributed by atoms with E-state index < -0.39 is 71.2 Å². The van der Waals surface area contributed by atoms with Crippen LogP contribution in [-0.4, -0.2) is 139 Å². The van der Waals surface area contributed by atoms with E-state index in [9.17, 15) is 37.9 Å². The minimum absolute atomic E-state index is 0.112. The molecule has 2 amide bonds. The molecular weight excluding hydrogens is 1500 g/mol. The maximum absolute atomic E-state index is 14.1. The maximum atomic E-state index is 14.1. The summed E-state index contributed by atoms with van der Waals surface area (Å²) in [6, 6.07) is 0. The summed E-state index contributed by atoms with van der Waals surface area (Å²) in [7, 11) is -8.78. The molecule has 0 radical (unpaired) electrons. The molecule has 0 aliphatic carbocycles. The molecule has 0 spiro atoms. The molecule has 0 saturated carbocycles. The third-order valence-electron chi connectivity index (χ3n) is 20.4. The highest BCUT2D eigenvalue weighted by Crippen LogP contribution is 2.50. The van der Waals surface area contributed by atoms with Gasteiger partial charge in [-0.1, -0.05) is 336 Å². The molecule has 2 N–H and O–H groups in total. The molecule has 0 aromatic rings. The van der Waals surface area contributed by atoms with E-state index >= 15 is 0 Å². The molecule has 6 atom stereocenters. The fraction of sp³-hybridized carbons (Fsp3) is 0.890. The number of carbonyl (C=O) groups is 6. The van der Waals surface area contributed by atoms with Crippen molar-refractivity contribution in [2.75, 3.05) is 79.2 Å². The van der Waals surface area contributed by atoms with E-state index in [-0.39, 0.29) is 103 Å². The SMILES string of the molecule is C=CCOP(=O)(OCCNC(=O)CC(=O)NCCOP(=O)(OCC=C)OCC(COCC[C@@H](CCCCCCC)OC(=O)CCCCCCCCCCC)OC(=O)CCCCCCCCCCCCC)OCC(COCC[C@@H](CCCCCCC)OC(=O)CCCCCCCCCCC)OC(=O)CCCCCCCCCCCCC. The topological polar surface area (TPSA) is 271 Å². The third-order valence-corrected chi connectivity index (χ3v) is 23.2. The first-order chi connectivity index (χ1) is 56.0. The van der Waals surface area contributed by atoms with Crippen LogP contribution in [0.2, 0.25) is 0 Å². The number of carbonyl (C=O) groups excluding carboxylic acids is 6. The number of amides is 2. The van der Waals surface area contributed by atoms with Gasteiger partial charge in [-0.2, -0.15) is 0 Å². The van der Waals surface area contributed by atoms with Crippen molar-refractivity contribution in [3.63, 3.8) is 0 Å². The van der Waals surface area contributed by atoms with Crippen LogP contribution in [0.15, 0.2) is 25.3 Å². The number of phosphoric acid groups is 2. The number of ether oxygens (including phenoxy) is 6. The summed E-state index contributed by atoms with van der Waals surface area (Å²) >= 11 is 0. The molecule has 115 heavy (non-hydrogen) atoms. The number of nitrogens with one attached hydrogen (secondary N) is 2. The molecule has 0 aliphatic rings. The van der Waals surface area contributed by atoms with E-state index in [1.807, 2.05) is 0 Å². The standard InChI is InChI=1S/C91H172N2O20P2/c1-9-17-23-29-33-37-39-43-47-53-59-65-90(98)112-84(78-102-73-67-82(61-55-49-27-21-13-5)110-88(96)63-57-51-45-41-35-31-25-19-11-3)80-108-114(100,104-71-15-7)106-75-69-92-86(94)77-87(95)93-70-76-107-115(101,105-72-16-8)109-81-85(113-91(99)66-60-54-48-44-40-38-34-30-24-18-10-2)79-103-74-68-83(62-56-50-28-22-14-6)111-89(97)64-58-52-46-42-36-32-26-20-12-4/h15-16,82-85H,7-14,17-81H2,1-6H3,(H,92,94)(H,93,95)/t82-,83-,84?,85?,114?,115?/m1/s1. The van der Waals surface area contributed by atoms with Gasteiger partial charge in [0.15, 0.2) is 0 Å². The van der Waals surface area contributed by atoms with Gasteiger partial charge in [-0.05, 0) is 51.4 Å². The zero-order chi connectivity index (χ0) is 84.3. The molecule has 0 aromatic carbocycles. The molecule has 0 aliphatic heterocycles. The Morgan fingerprint density at radius 2 is 0.513 bits per heavy atom. The number of unbranched alkanes of at least 4 members (excludes halogenated alkanes) is 44. The average molecular weight is 1680 g/mol. The second-order valence-corrected chi connectivity index (χ2v) is 34.8. The molecule has 0 bridgehead atoms. The Morgan fingerprint density at radius 1 is 0.278 bits per heavy atom. The largest absolute Gasteiger partial charge is 0.475 e. The lowest BCUT2D eigenvalue weighted by Crippen LogP contribution is -2.34. The van der Waals surface area contributed by atoms with Crippen LogP contribution in [0.4, 0.5) is 0 Å². The molecule has 0 saturated heterocycles. The van der Waals surface area contributed by atoms with Crippen LogP contribution in [0.25, 0.3) is 0 Å². The Morgan fingerprint density at radius 3 is 0.765 bits per heavy atom. The van der Waals surface area contributed by atoms with Crippen molar-refractivity contribution in [1.82, 2.24) is 10.6 Å². The van der Waals surface area contributed by atoms with Gasteiger partial charge in [0, 0.05) is 51.6 Å². The van der Waals surface area contributed by atoms with E-state index in [1.54, 1.807) is 0 Å². The summed E-state index contributed by atoms with van der Waals surface area (Å²) in [6.45, 7) is 18.3. The summed E-state index contributed by atoms with van der Waals surface area (Å²) in [6.07, 6.45) is 59.0. The van der Waals surface area contributed by atoms with Crippen LogP contribution in [0.1, 0.15) is 420 Å². The van der Waals surface area contributed by atoms with Gasteiger partial charge in [-0.25, -0.2) is 9.13 Å². The summed E-state index contributed by atoms with van der Waals surface area (Å²) in [4.78, 5) is 79.1. The molecule has 24 heteroatoms. The van der Waals surface area contributed by atoms with E-state index in [4.69, 9.17) is 55.6 Å². The van der Waals surface area contributed by atoms with Crippen molar-refractivity contribution in [3.05, 3.63) is 25.3 Å². The number of esters is 4. The Bertz CT molecular complexity index is 2230. The quantitative estimate of drug-likeness (QED) is 0.0143. The van der Waals surface area contributed by atoms with Gasteiger partial charge in [-0.15, -0.1) is 13.2 Å². The van der Waals surface area contributed by atoms with Crippen LogP contribution >= 0.6 is 15.6 Å². The van der Waals surface area contributed by atoms with Gasteiger partial charge in [0.05, 0.1) is 66.1 Å². The van der Waals surface area contributed by atoms with Crippen LogP contribution in [-0.2, 0) is 93.5 Å². The molecule has 676 valence electrons. The molecule has 22 nitrogen and oxygen atoms in total. The van der Waals surface area contributed by atoms with E-state index in [2.05, 4.69) is 65.3 Å². The Hall–Kier alpha value is -3.56. The average Bonchev–Trinajstić information content (AvgIpc) is 0.888. The second kappa shape index (κ2) is 84.1. The summed E-state index contributed by atoms with van der Waals surface area (Å²) in [5.74, 6) is -2.71. The summed E-state index contributed by atoms with van der Waals surface area (Å²) in [5, 5.41) is 5.12. The second-order valence-electron chi connectivity index (χ2n) is 31.5. The minimum atomic E-state index is -4.39. The molecule has 0 rings (SSSR count). The fourth-order valence-corrected chi connectivity index (χ4v) is 15.8. The Kier molecular flexibility index (Phi) is 81.5. The zero-order valence-corrected chi connectivity index (χ0v) is 75.9.